The van der Waals surface area contributed by atoms with Crippen LogP contribution in [0.25, 0.3) is 0 Å². The lowest BCUT2D eigenvalue weighted by Gasteiger charge is -2.11. The Morgan fingerprint density at radius 1 is 1.29 bits per heavy atom. The Bertz CT molecular complexity index is 352. The van der Waals surface area contributed by atoms with Crippen molar-refractivity contribution >= 4 is 38.5 Å². The first kappa shape index (κ1) is 12.0. The van der Waals surface area contributed by atoms with Gasteiger partial charge in [0.2, 0.25) is 0 Å². The second kappa shape index (κ2) is 4.21. The first-order chi connectivity index (χ1) is 6.29. The summed E-state index contributed by atoms with van der Waals surface area (Å²) in [6, 6.07) is 2.18. The van der Waals surface area contributed by atoms with Crippen LogP contribution in [0.3, 0.4) is 0 Å². The van der Waals surface area contributed by atoms with Crippen molar-refractivity contribution in [3.8, 4) is 5.75 Å². The van der Waals surface area contributed by atoms with Gasteiger partial charge in [-0.25, -0.2) is 4.39 Å². The van der Waals surface area contributed by atoms with E-state index in [4.69, 9.17) is 0 Å². The standard InChI is InChI=1S/C7H2BrF4IO/c8-6-4(9)1-3(13)2-5(6)14-7(10,11)12/h1-2H. The highest BCUT2D eigenvalue weighted by Crippen LogP contribution is 2.33. The summed E-state index contributed by atoms with van der Waals surface area (Å²) in [6.07, 6.45) is -4.82. The molecule has 0 aliphatic heterocycles. The van der Waals surface area contributed by atoms with E-state index in [1.54, 1.807) is 22.6 Å². The number of rotatable bonds is 1. The van der Waals surface area contributed by atoms with E-state index in [9.17, 15) is 17.6 Å². The molecule has 0 aliphatic carbocycles. The fourth-order valence-electron chi connectivity index (χ4n) is 0.731. The van der Waals surface area contributed by atoms with Crippen molar-refractivity contribution in [1.82, 2.24) is 0 Å². The Morgan fingerprint density at radius 3 is 2.36 bits per heavy atom. The molecule has 0 fully saturated rings. The molecular weight excluding hydrogens is 383 g/mol. The minimum atomic E-state index is -4.82. The molecule has 0 atom stereocenters. The Labute approximate surface area is 98.7 Å². The van der Waals surface area contributed by atoms with E-state index >= 15 is 0 Å². The van der Waals surface area contributed by atoms with Crippen LogP contribution in [0.2, 0.25) is 0 Å². The largest absolute Gasteiger partial charge is 0.573 e. The van der Waals surface area contributed by atoms with Crippen LogP contribution >= 0.6 is 38.5 Å². The number of halogens is 6. The van der Waals surface area contributed by atoms with E-state index in [-0.39, 0.29) is 4.47 Å². The lowest BCUT2D eigenvalue weighted by molar-refractivity contribution is -0.275. The van der Waals surface area contributed by atoms with E-state index in [2.05, 4.69) is 20.7 Å². The molecule has 0 aliphatic rings. The fraction of sp³-hybridized carbons (Fsp3) is 0.143. The van der Waals surface area contributed by atoms with Gasteiger partial charge in [-0.1, -0.05) is 0 Å². The molecule has 0 radical (unpaired) electrons. The summed E-state index contributed by atoms with van der Waals surface area (Å²) in [5.41, 5.74) is 0. The Balaban J connectivity index is 3.09. The van der Waals surface area contributed by atoms with Crippen LogP contribution in [0.1, 0.15) is 0 Å². The molecule has 0 amide bonds. The van der Waals surface area contributed by atoms with Crippen LogP contribution in [0.15, 0.2) is 16.6 Å². The first-order valence-electron chi connectivity index (χ1n) is 3.20. The van der Waals surface area contributed by atoms with Gasteiger partial charge in [-0.05, 0) is 50.7 Å². The van der Waals surface area contributed by atoms with Gasteiger partial charge in [-0.3, -0.25) is 0 Å². The molecule has 0 spiro atoms. The van der Waals surface area contributed by atoms with Crippen molar-refractivity contribution in [2.75, 3.05) is 0 Å². The molecule has 0 unspecified atom stereocenters. The van der Waals surface area contributed by atoms with Gasteiger partial charge in [-0.15, -0.1) is 13.2 Å². The van der Waals surface area contributed by atoms with Crippen molar-refractivity contribution in [1.29, 1.82) is 0 Å². The second-order valence-electron chi connectivity index (χ2n) is 2.25. The third-order valence-electron chi connectivity index (χ3n) is 1.19. The zero-order chi connectivity index (χ0) is 10.9. The molecule has 1 nitrogen and oxygen atoms in total. The molecule has 14 heavy (non-hydrogen) atoms. The van der Waals surface area contributed by atoms with Crippen LogP contribution in [0.4, 0.5) is 17.6 Å². The predicted octanol–water partition coefficient (Wildman–Crippen LogP) is 4.09. The van der Waals surface area contributed by atoms with E-state index < -0.39 is 17.9 Å². The maximum atomic E-state index is 12.9. The molecule has 7 heteroatoms. The summed E-state index contributed by atoms with van der Waals surface area (Å²) in [7, 11) is 0. The second-order valence-corrected chi connectivity index (χ2v) is 4.29. The summed E-state index contributed by atoms with van der Waals surface area (Å²) in [5, 5.41) is 0. The van der Waals surface area contributed by atoms with Gasteiger partial charge < -0.3 is 4.74 Å². The highest BCUT2D eigenvalue weighted by atomic mass is 127. The van der Waals surface area contributed by atoms with Gasteiger partial charge in [0.25, 0.3) is 0 Å². The Hall–Kier alpha value is -0.0500. The molecule has 78 valence electrons. The van der Waals surface area contributed by atoms with Crippen LogP contribution in [0.5, 0.6) is 5.75 Å². The highest BCUT2D eigenvalue weighted by molar-refractivity contribution is 14.1. The normalized spacial score (nSPS) is 11.6. The molecule has 1 rings (SSSR count). The average Bonchev–Trinajstić information content (AvgIpc) is 1.96. The number of hydrogen-bond donors (Lipinski definition) is 0. The smallest absolute Gasteiger partial charge is 0.404 e. The van der Waals surface area contributed by atoms with Crippen LogP contribution in [0, 0.1) is 9.39 Å². The molecule has 0 saturated heterocycles. The summed E-state index contributed by atoms with van der Waals surface area (Å²) in [6.45, 7) is 0. The van der Waals surface area contributed by atoms with Crippen molar-refractivity contribution in [2.45, 2.75) is 6.36 Å². The summed E-state index contributed by atoms with van der Waals surface area (Å²) >= 11 is 4.35. The topological polar surface area (TPSA) is 9.23 Å². The Kier molecular flexibility index (Phi) is 3.62. The van der Waals surface area contributed by atoms with E-state index in [1.807, 2.05) is 0 Å². The molecular formula is C7H2BrF4IO. The van der Waals surface area contributed by atoms with E-state index in [1.165, 1.54) is 0 Å². The van der Waals surface area contributed by atoms with Crippen LogP contribution in [-0.2, 0) is 0 Å². The quantitative estimate of drug-likeness (QED) is 0.402. The summed E-state index contributed by atoms with van der Waals surface area (Å²) in [4.78, 5) is 0. The van der Waals surface area contributed by atoms with Crippen LogP contribution in [-0.4, -0.2) is 6.36 Å². The summed E-state index contributed by atoms with van der Waals surface area (Å²) in [5.74, 6) is -1.38. The van der Waals surface area contributed by atoms with Gasteiger partial charge in [0.15, 0.2) is 0 Å². The van der Waals surface area contributed by atoms with E-state index in [0.29, 0.717) is 3.57 Å². The molecule has 0 bridgehead atoms. The number of alkyl halides is 3. The number of benzene rings is 1. The highest BCUT2D eigenvalue weighted by Gasteiger charge is 2.32. The van der Waals surface area contributed by atoms with Crippen molar-refractivity contribution < 1.29 is 22.3 Å². The monoisotopic (exact) mass is 384 g/mol. The van der Waals surface area contributed by atoms with Crippen molar-refractivity contribution in [2.24, 2.45) is 0 Å². The predicted molar refractivity (Wildman–Crippen MR) is 53.5 cm³/mol. The zero-order valence-corrected chi connectivity index (χ0v) is 10.1. The molecule has 1 aromatic carbocycles. The summed E-state index contributed by atoms with van der Waals surface area (Å²) < 4.78 is 52.0. The maximum Gasteiger partial charge on any atom is 0.573 e. The zero-order valence-electron chi connectivity index (χ0n) is 6.33. The molecule has 0 saturated carbocycles. The molecule has 0 heterocycles. The van der Waals surface area contributed by atoms with E-state index in [0.717, 1.165) is 12.1 Å². The minimum absolute atomic E-state index is 0.322. The Morgan fingerprint density at radius 2 is 1.86 bits per heavy atom. The minimum Gasteiger partial charge on any atom is -0.404 e. The van der Waals surface area contributed by atoms with Gasteiger partial charge >= 0.3 is 6.36 Å². The number of hydrogen-bond acceptors (Lipinski definition) is 1. The lowest BCUT2D eigenvalue weighted by Crippen LogP contribution is -2.17. The lowest BCUT2D eigenvalue weighted by atomic mass is 10.3. The first-order valence-corrected chi connectivity index (χ1v) is 5.07. The average molecular weight is 385 g/mol. The number of ether oxygens (including phenoxy) is 1. The van der Waals surface area contributed by atoms with Gasteiger partial charge in [-0.2, -0.15) is 0 Å². The molecule has 0 aromatic heterocycles. The van der Waals surface area contributed by atoms with Gasteiger partial charge in [0.05, 0.1) is 4.47 Å². The fourth-order valence-corrected chi connectivity index (χ4v) is 1.60. The molecule has 0 N–H and O–H groups in total. The van der Waals surface area contributed by atoms with Crippen molar-refractivity contribution in [3.05, 3.63) is 26.0 Å². The van der Waals surface area contributed by atoms with Crippen LogP contribution < -0.4 is 4.74 Å². The maximum absolute atomic E-state index is 12.9. The van der Waals surface area contributed by atoms with Gasteiger partial charge in [0.1, 0.15) is 11.6 Å². The third-order valence-corrected chi connectivity index (χ3v) is 2.58. The van der Waals surface area contributed by atoms with Crippen molar-refractivity contribution in [3.63, 3.8) is 0 Å². The SMILES string of the molecule is Fc1cc(I)cc(OC(F)(F)F)c1Br. The third kappa shape index (κ3) is 3.26. The van der Waals surface area contributed by atoms with Gasteiger partial charge in [0, 0.05) is 3.57 Å². The molecule has 1 aromatic rings.